The number of nitrogens with zero attached hydrogens (tertiary/aromatic N) is 2. The van der Waals surface area contributed by atoms with Crippen LogP contribution in [0.25, 0.3) is 11.1 Å². The van der Waals surface area contributed by atoms with Crippen LogP contribution in [0.4, 0.5) is 4.39 Å². The minimum absolute atomic E-state index is 0.0670. The quantitative estimate of drug-likeness (QED) is 0.808. The van der Waals surface area contributed by atoms with Gasteiger partial charge in [0.05, 0.1) is 30.5 Å². The Morgan fingerprint density at radius 1 is 1.38 bits per heavy atom. The molecule has 2 heterocycles. The van der Waals surface area contributed by atoms with Crippen LogP contribution < -0.4 is 10.3 Å². The summed E-state index contributed by atoms with van der Waals surface area (Å²) in [4.78, 5) is 12.9. The summed E-state index contributed by atoms with van der Waals surface area (Å²) >= 11 is 0. The molecule has 128 valence electrons. The first kappa shape index (κ1) is 16.6. The third-order valence-corrected chi connectivity index (χ3v) is 3.90. The van der Waals surface area contributed by atoms with Gasteiger partial charge in [-0.15, -0.1) is 0 Å². The lowest BCUT2D eigenvalue weighted by molar-refractivity contribution is 0.106. The average molecular weight is 331 g/mol. The fraction of sp³-hybridized carbons (Fsp3) is 0.444. The highest BCUT2D eigenvalue weighted by Gasteiger charge is 2.26. The van der Waals surface area contributed by atoms with E-state index >= 15 is 0 Å². The van der Waals surface area contributed by atoms with Crippen molar-refractivity contribution in [2.75, 3.05) is 13.3 Å². The molecule has 0 bridgehead atoms. The van der Waals surface area contributed by atoms with Gasteiger partial charge in [0.1, 0.15) is 13.3 Å². The van der Waals surface area contributed by atoms with Crippen molar-refractivity contribution >= 4 is 0 Å². The number of rotatable bonds is 4. The second-order valence-electron chi connectivity index (χ2n) is 6.79. The van der Waals surface area contributed by atoms with Gasteiger partial charge in [-0.1, -0.05) is 12.1 Å². The number of hydrogen-bond acceptors (Lipinski definition) is 4. The molecule has 0 amide bonds. The third kappa shape index (κ3) is 3.06. The molecule has 0 aliphatic carbocycles. The molecule has 0 atom stereocenters. The van der Waals surface area contributed by atoms with Gasteiger partial charge in [0.25, 0.3) is 5.56 Å². The van der Waals surface area contributed by atoms with E-state index in [4.69, 9.17) is 9.47 Å². The predicted molar refractivity (Wildman–Crippen MR) is 88.9 cm³/mol. The van der Waals surface area contributed by atoms with Gasteiger partial charge in [0.15, 0.2) is 5.75 Å². The highest BCUT2D eigenvalue weighted by molar-refractivity contribution is 5.74. The SMILES string of the molecule is CC(C)(C)n1ncc2c(c1=O)-c1cc(COCC[18F])ccc1CO2. The fourth-order valence-electron chi connectivity index (χ4n) is 2.75. The van der Waals surface area contributed by atoms with Gasteiger partial charge in [-0.05, 0) is 43.5 Å². The smallest absolute Gasteiger partial charge is 0.278 e. The predicted octanol–water partition coefficient (Wildman–Crippen LogP) is 3.04. The first-order valence-corrected chi connectivity index (χ1v) is 7.93. The first-order chi connectivity index (χ1) is 11.4. The van der Waals surface area contributed by atoms with E-state index in [9.17, 15) is 9.18 Å². The van der Waals surface area contributed by atoms with Crippen LogP contribution in [0.15, 0.2) is 29.2 Å². The molecule has 6 heteroatoms. The first-order valence-electron chi connectivity index (χ1n) is 7.93. The van der Waals surface area contributed by atoms with Crippen molar-refractivity contribution in [3.8, 4) is 16.9 Å². The van der Waals surface area contributed by atoms with Gasteiger partial charge in [-0.3, -0.25) is 4.79 Å². The topological polar surface area (TPSA) is 53.4 Å². The average Bonchev–Trinajstić information content (AvgIpc) is 2.53. The third-order valence-electron chi connectivity index (χ3n) is 3.90. The van der Waals surface area contributed by atoms with Crippen LogP contribution in [0.1, 0.15) is 31.9 Å². The van der Waals surface area contributed by atoms with Crippen molar-refractivity contribution in [3.05, 3.63) is 45.9 Å². The van der Waals surface area contributed by atoms with Crippen LogP contribution in [0.3, 0.4) is 0 Å². The Hall–Kier alpha value is -2.21. The van der Waals surface area contributed by atoms with Crippen LogP contribution >= 0.6 is 0 Å². The molecule has 1 aromatic heterocycles. The molecule has 1 aliphatic heterocycles. The molecule has 1 aliphatic rings. The van der Waals surface area contributed by atoms with Gasteiger partial charge < -0.3 is 9.47 Å². The molecule has 0 spiro atoms. The van der Waals surface area contributed by atoms with Gasteiger partial charge in [0, 0.05) is 0 Å². The number of ether oxygens (including phenoxy) is 2. The summed E-state index contributed by atoms with van der Waals surface area (Å²) in [7, 11) is 0. The number of benzene rings is 1. The molecule has 5 nitrogen and oxygen atoms in total. The lowest BCUT2D eigenvalue weighted by Gasteiger charge is -2.25. The largest absolute Gasteiger partial charge is 0.486 e. The summed E-state index contributed by atoms with van der Waals surface area (Å²) in [6.45, 7) is 6.06. The highest BCUT2D eigenvalue weighted by atomic mass is 18.2. The Labute approximate surface area is 140 Å². The van der Waals surface area contributed by atoms with Gasteiger partial charge in [-0.25, -0.2) is 9.07 Å². The zero-order valence-corrected chi connectivity index (χ0v) is 14.1. The Morgan fingerprint density at radius 2 is 2.17 bits per heavy atom. The molecule has 24 heavy (non-hydrogen) atoms. The maximum atomic E-state index is 12.9. The van der Waals surface area contributed by atoms with Crippen LogP contribution in [-0.4, -0.2) is 23.1 Å². The standard InChI is InChI=1S/C18H21FN2O3/c1-18(2,3)21-17(22)16-14-8-12(10-23-7-6-19)4-5-13(14)11-24-15(16)9-20-21/h4-5,8-9H,6-7,10-11H2,1-3H3/i19-1. The van der Waals surface area contributed by atoms with Crippen LogP contribution in [0.2, 0.25) is 0 Å². The number of hydrogen-bond donors (Lipinski definition) is 0. The molecule has 0 radical (unpaired) electrons. The molecule has 3 rings (SSSR count). The van der Waals surface area contributed by atoms with E-state index in [1.54, 1.807) is 6.20 Å². The lowest BCUT2D eigenvalue weighted by atomic mass is 9.96. The van der Waals surface area contributed by atoms with E-state index in [-0.39, 0.29) is 12.2 Å². The molecule has 0 unspecified atom stereocenters. The van der Waals surface area contributed by atoms with E-state index in [1.807, 2.05) is 39.0 Å². The monoisotopic (exact) mass is 331 g/mol. The van der Waals surface area contributed by atoms with Crippen molar-refractivity contribution in [3.63, 3.8) is 0 Å². The summed E-state index contributed by atoms with van der Waals surface area (Å²) in [6, 6.07) is 5.76. The second kappa shape index (κ2) is 6.36. The zero-order chi connectivity index (χ0) is 17.3. The second-order valence-corrected chi connectivity index (χ2v) is 6.79. The minimum atomic E-state index is -0.510. The summed E-state index contributed by atoms with van der Waals surface area (Å²) in [6.07, 6.45) is 1.59. The molecule has 0 saturated carbocycles. The summed E-state index contributed by atoms with van der Waals surface area (Å²) < 4.78 is 24.6. The number of alkyl halides is 1. The molecule has 1 aromatic carbocycles. The lowest BCUT2D eigenvalue weighted by Crippen LogP contribution is -2.37. The molecular formula is C18H21FN2O3. The van der Waals surface area contributed by atoms with Crippen LogP contribution in [0, 0.1) is 0 Å². The van der Waals surface area contributed by atoms with E-state index in [0.717, 1.165) is 16.7 Å². The normalized spacial score (nSPS) is 13.2. The van der Waals surface area contributed by atoms with Gasteiger partial charge in [-0.2, -0.15) is 5.10 Å². The molecular weight excluding hydrogens is 310 g/mol. The van der Waals surface area contributed by atoms with Crippen molar-refractivity contribution in [2.24, 2.45) is 0 Å². The van der Waals surface area contributed by atoms with Gasteiger partial charge in [0.2, 0.25) is 0 Å². The summed E-state index contributed by atoms with van der Waals surface area (Å²) in [5, 5.41) is 4.23. The Morgan fingerprint density at radius 3 is 2.88 bits per heavy atom. The van der Waals surface area contributed by atoms with Crippen molar-refractivity contribution in [1.29, 1.82) is 0 Å². The summed E-state index contributed by atoms with van der Waals surface area (Å²) in [5.41, 5.74) is 2.60. The Kier molecular flexibility index (Phi) is 4.41. The zero-order valence-electron chi connectivity index (χ0n) is 14.1. The maximum absolute atomic E-state index is 12.9. The van der Waals surface area contributed by atoms with Crippen LogP contribution in [-0.2, 0) is 23.5 Å². The van der Waals surface area contributed by atoms with E-state index in [2.05, 4.69) is 5.10 Å². The van der Waals surface area contributed by atoms with E-state index < -0.39 is 12.2 Å². The summed E-state index contributed by atoms with van der Waals surface area (Å²) in [5.74, 6) is 0.495. The van der Waals surface area contributed by atoms with E-state index in [1.165, 1.54) is 4.68 Å². The number of fused-ring (bicyclic) bond motifs is 3. The highest BCUT2D eigenvalue weighted by Crippen LogP contribution is 2.35. The molecule has 0 fully saturated rings. The van der Waals surface area contributed by atoms with Crippen LogP contribution in [0.5, 0.6) is 5.75 Å². The van der Waals surface area contributed by atoms with E-state index in [0.29, 0.717) is 24.5 Å². The van der Waals surface area contributed by atoms with Gasteiger partial charge >= 0.3 is 0 Å². The molecule has 0 saturated heterocycles. The van der Waals surface area contributed by atoms with Crippen molar-refractivity contribution in [2.45, 2.75) is 39.5 Å². The fourth-order valence-corrected chi connectivity index (χ4v) is 2.75. The maximum Gasteiger partial charge on any atom is 0.278 e. The molecule has 0 N–H and O–H groups in total. The molecule has 2 aromatic rings. The van der Waals surface area contributed by atoms with Crippen molar-refractivity contribution < 1.29 is 13.9 Å². The van der Waals surface area contributed by atoms with Crippen molar-refractivity contribution in [1.82, 2.24) is 9.78 Å². The Bertz CT molecular complexity index is 809. The number of aromatic nitrogens is 2. The minimum Gasteiger partial charge on any atom is -0.486 e. The Balaban J connectivity index is 2.08. The number of halogens is 1.